The molecular weight excluding hydrogens is 302 g/mol. The molecule has 0 amide bonds. The number of halogens is 2. The van der Waals surface area contributed by atoms with Gasteiger partial charge in [-0.05, 0) is 24.1 Å². The van der Waals surface area contributed by atoms with Crippen molar-refractivity contribution in [1.82, 2.24) is 5.32 Å². The third-order valence-electron chi connectivity index (χ3n) is 2.98. The van der Waals surface area contributed by atoms with Crippen LogP contribution in [-0.4, -0.2) is 17.8 Å². The van der Waals surface area contributed by atoms with Crippen LogP contribution in [0.1, 0.15) is 12.0 Å². The Kier molecular flexibility index (Phi) is 4.62. The predicted octanol–water partition coefficient (Wildman–Crippen LogP) is 3.13. The fourth-order valence-electron chi connectivity index (χ4n) is 1.97. The summed E-state index contributed by atoms with van der Waals surface area (Å²) in [5.74, 6) is 0.299. The summed E-state index contributed by atoms with van der Waals surface area (Å²) in [4.78, 5) is 0. The molecule has 0 spiro atoms. The van der Waals surface area contributed by atoms with Crippen LogP contribution in [-0.2, 0) is 6.54 Å². The van der Waals surface area contributed by atoms with E-state index in [0.29, 0.717) is 12.0 Å². The maximum Gasteiger partial charge on any atom is 0.0494 e. The summed E-state index contributed by atoms with van der Waals surface area (Å²) in [6.45, 7) is 0.979. The molecular formula is C13H15BrClNO. The van der Waals surface area contributed by atoms with Gasteiger partial charge in [0.05, 0.1) is 0 Å². The summed E-state index contributed by atoms with van der Waals surface area (Å²) in [5, 5.41) is 13.2. The zero-order chi connectivity index (χ0) is 12.3. The molecule has 1 aromatic rings. The van der Waals surface area contributed by atoms with Crippen LogP contribution in [0.3, 0.4) is 0 Å². The maximum atomic E-state index is 9.04. The van der Waals surface area contributed by atoms with Crippen molar-refractivity contribution in [3.63, 3.8) is 0 Å². The third-order valence-corrected chi connectivity index (χ3v) is 3.82. The molecule has 0 saturated heterocycles. The van der Waals surface area contributed by atoms with Gasteiger partial charge in [0.15, 0.2) is 0 Å². The van der Waals surface area contributed by atoms with Gasteiger partial charge in [0, 0.05) is 34.6 Å². The molecule has 0 saturated carbocycles. The molecule has 92 valence electrons. The highest BCUT2D eigenvalue weighted by Crippen LogP contribution is 2.22. The van der Waals surface area contributed by atoms with Gasteiger partial charge in [0.25, 0.3) is 0 Å². The van der Waals surface area contributed by atoms with Crippen LogP contribution >= 0.6 is 27.5 Å². The fourth-order valence-corrected chi connectivity index (χ4v) is 2.71. The van der Waals surface area contributed by atoms with Crippen molar-refractivity contribution < 1.29 is 5.11 Å². The van der Waals surface area contributed by atoms with Gasteiger partial charge in [-0.1, -0.05) is 45.7 Å². The highest BCUT2D eigenvalue weighted by Gasteiger charge is 2.17. The van der Waals surface area contributed by atoms with Gasteiger partial charge in [0.1, 0.15) is 0 Å². The van der Waals surface area contributed by atoms with Crippen molar-refractivity contribution in [2.75, 3.05) is 6.61 Å². The lowest BCUT2D eigenvalue weighted by Crippen LogP contribution is -2.26. The summed E-state index contributed by atoms with van der Waals surface area (Å²) >= 11 is 9.53. The van der Waals surface area contributed by atoms with Crippen molar-refractivity contribution in [2.45, 2.75) is 19.0 Å². The molecule has 0 heterocycles. The van der Waals surface area contributed by atoms with Crippen molar-refractivity contribution in [2.24, 2.45) is 5.92 Å². The molecule has 2 atom stereocenters. The number of aliphatic hydroxyl groups excluding tert-OH is 1. The van der Waals surface area contributed by atoms with E-state index in [1.807, 2.05) is 18.2 Å². The van der Waals surface area contributed by atoms with Crippen molar-refractivity contribution in [3.05, 3.63) is 45.4 Å². The number of rotatable bonds is 4. The topological polar surface area (TPSA) is 32.3 Å². The highest BCUT2D eigenvalue weighted by atomic mass is 79.9. The number of aliphatic hydroxyl groups is 1. The van der Waals surface area contributed by atoms with Crippen molar-refractivity contribution >= 4 is 27.5 Å². The molecule has 17 heavy (non-hydrogen) atoms. The van der Waals surface area contributed by atoms with Crippen molar-refractivity contribution in [3.8, 4) is 0 Å². The van der Waals surface area contributed by atoms with Crippen LogP contribution < -0.4 is 5.32 Å². The highest BCUT2D eigenvalue weighted by molar-refractivity contribution is 9.10. The molecule has 0 aromatic heterocycles. The zero-order valence-corrected chi connectivity index (χ0v) is 11.7. The van der Waals surface area contributed by atoms with Crippen LogP contribution in [0, 0.1) is 5.92 Å². The molecule has 0 unspecified atom stereocenters. The van der Waals surface area contributed by atoms with E-state index in [1.54, 1.807) is 0 Å². The maximum absolute atomic E-state index is 9.04. The van der Waals surface area contributed by atoms with Gasteiger partial charge in [-0.3, -0.25) is 0 Å². The summed E-state index contributed by atoms with van der Waals surface area (Å²) < 4.78 is 0.993. The van der Waals surface area contributed by atoms with E-state index < -0.39 is 0 Å². The lowest BCUT2D eigenvalue weighted by Gasteiger charge is -2.13. The third kappa shape index (κ3) is 3.55. The number of nitrogens with one attached hydrogen (secondary N) is 1. The van der Waals surface area contributed by atoms with E-state index >= 15 is 0 Å². The largest absolute Gasteiger partial charge is 0.396 e. The first-order chi connectivity index (χ1) is 8.19. The summed E-state index contributed by atoms with van der Waals surface area (Å²) in [6, 6.07) is 6.25. The average Bonchev–Trinajstić information content (AvgIpc) is 2.76. The molecule has 2 nitrogen and oxygen atoms in total. The Balaban J connectivity index is 1.88. The first-order valence-corrected chi connectivity index (χ1v) is 6.82. The minimum atomic E-state index is 0.230. The fraction of sp³-hybridized carbons (Fsp3) is 0.385. The van der Waals surface area contributed by atoms with E-state index in [1.165, 1.54) is 0 Å². The molecule has 0 aliphatic heterocycles. The van der Waals surface area contributed by atoms with Crippen LogP contribution in [0.15, 0.2) is 34.8 Å². The quantitative estimate of drug-likeness (QED) is 0.837. The Morgan fingerprint density at radius 1 is 1.41 bits per heavy atom. The molecule has 4 heteroatoms. The lowest BCUT2D eigenvalue weighted by atomic mass is 10.1. The molecule has 2 N–H and O–H groups in total. The van der Waals surface area contributed by atoms with E-state index in [2.05, 4.69) is 33.4 Å². The van der Waals surface area contributed by atoms with E-state index in [-0.39, 0.29) is 6.61 Å². The standard InChI is InChI=1S/C13H15BrClNO/c14-11-3-2-10(13(15)6-11)7-16-12-4-1-9(5-12)8-17/h1-4,6,9,12,16-17H,5,7-8H2/t9-,12+/m0/s1. The number of hydrogen-bond acceptors (Lipinski definition) is 2. The van der Waals surface area contributed by atoms with E-state index in [9.17, 15) is 0 Å². The van der Waals surface area contributed by atoms with Crippen LogP contribution in [0.25, 0.3) is 0 Å². The Bertz CT molecular complexity index is 422. The first kappa shape index (κ1) is 13.1. The second kappa shape index (κ2) is 6.01. The molecule has 1 aliphatic rings. The Morgan fingerprint density at radius 2 is 2.24 bits per heavy atom. The van der Waals surface area contributed by atoms with E-state index in [0.717, 1.165) is 28.0 Å². The minimum Gasteiger partial charge on any atom is -0.396 e. The predicted molar refractivity (Wildman–Crippen MR) is 74.1 cm³/mol. The Hall–Kier alpha value is -0.350. The van der Waals surface area contributed by atoms with Crippen LogP contribution in [0.4, 0.5) is 0 Å². The summed E-state index contributed by atoms with van der Waals surface area (Å²) in [5.41, 5.74) is 1.09. The Labute approximate surface area is 115 Å². The second-order valence-electron chi connectivity index (χ2n) is 4.29. The summed E-state index contributed by atoms with van der Waals surface area (Å²) in [7, 11) is 0. The normalized spacial score (nSPS) is 23.2. The molecule has 1 aromatic carbocycles. The molecule has 2 rings (SSSR count). The molecule has 0 bridgehead atoms. The second-order valence-corrected chi connectivity index (χ2v) is 5.61. The SMILES string of the molecule is OC[C@H]1C=C[C@@H](NCc2ccc(Br)cc2Cl)C1. The molecule has 0 fully saturated rings. The number of benzene rings is 1. The molecule has 0 radical (unpaired) electrons. The Morgan fingerprint density at radius 3 is 2.88 bits per heavy atom. The minimum absolute atomic E-state index is 0.230. The first-order valence-electron chi connectivity index (χ1n) is 5.65. The lowest BCUT2D eigenvalue weighted by molar-refractivity contribution is 0.246. The molecule has 1 aliphatic carbocycles. The van der Waals surface area contributed by atoms with Gasteiger partial charge >= 0.3 is 0 Å². The van der Waals surface area contributed by atoms with Crippen LogP contribution in [0.5, 0.6) is 0 Å². The van der Waals surface area contributed by atoms with E-state index in [4.69, 9.17) is 16.7 Å². The van der Waals surface area contributed by atoms with Crippen LogP contribution in [0.2, 0.25) is 5.02 Å². The van der Waals surface area contributed by atoms with Gasteiger partial charge in [0.2, 0.25) is 0 Å². The van der Waals surface area contributed by atoms with Gasteiger partial charge < -0.3 is 10.4 Å². The van der Waals surface area contributed by atoms with Gasteiger partial charge in [-0.2, -0.15) is 0 Å². The van der Waals surface area contributed by atoms with Gasteiger partial charge in [-0.15, -0.1) is 0 Å². The average molecular weight is 317 g/mol. The monoisotopic (exact) mass is 315 g/mol. The van der Waals surface area contributed by atoms with Gasteiger partial charge in [-0.25, -0.2) is 0 Å². The number of hydrogen-bond donors (Lipinski definition) is 2. The smallest absolute Gasteiger partial charge is 0.0494 e. The van der Waals surface area contributed by atoms with Crippen molar-refractivity contribution in [1.29, 1.82) is 0 Å². The summed E-state index contributed by atoms with van der Waals surface area (Å²) in [6.07, 6.45) is 5.15. The zero-order valence-electron chi connectivity index (χ0n) is 9.37.